The van der Waals surface area contributed by atoms with Crippen molar-refractivity contribution in [1.29, 1.82) is 0 Å². The smallest absolute Gasteiger partial charge is 0.326 e. The Labute approximate surface area is 156 Å². The number of likely N-dealkylation sites (tertiary alicyclic amines) is 1. The summed E-state index contributed by atoms with van der Waals surface area (Å²) in [6, 6.07) is 8.53. The van der Waals surface area contributed by atoms with Gasteiger partial charge in [0.1, 0.15) is 6.54 Å². The van der Waals surface area contributed by atoms with Crippen molar-refractivity contribution in [2.75, 3.05) is 13.2 Å². The molecule has 1 aliphatic heterocycles. The summed E-state index contributed by atoms with van der Waals surface area (Å²) in [4.78, 5) is 50.8. The van der Waals surface area contributed by atoms with Gasteiger partial charge in [-0.05, 0) is 30.1 Å². The molecule has 5 aliphatic rings. The zero-order chi connectivity index (χ0) is 18.7. The highest BCUT2D eigenvalue weighted by molar-refractivity contribution is 6.08. The molecule has 0 spiro atoms. The Hall–Kier alpha value is -2.76. The van der Waals surface area contributed by atoms with Gasteiger partial charge in [0, 0.05) is 5.56 Å². The van der Waals surface area contributed by atoms with E-state index in [0.717, 1.165) is 11.3 Å². The number of carbonyl (C=O) groups excluding carboxylic acids is 4. The van der Waals surface area contributed by atoms with Crippen molar-refractivity contribution < 1.29 is 23.9 Å². The summed E-state index contributed by atoms with van der Waals surface area (Å²) in [6.07, 6.45) is 5.27. The fourth-order valence-corrected chi connectivity index (χ4v) is 5.20. The summed E-state index contributed by atoms with van der Waals surface area (Å²) in [7, 11) is 0. The van der Waals surface area contributed by atoms with Gasteiger partial charge < -0.3 is 4.74 Å². The largest absolute Gasteiger partial charge is 0.456 e. The zero-order valence-electron chi connectivity index (χ0n) is 14.6. The van der Waals surface area contributed by atoms with Crippen LogP contribution in [0.1, 0.15) is 16.8 Å². The number of imide groups is 1. The maximum absolute atomic E-state index is 12.8. The molecule has 2 bridgehead atoms. The highest BCUT2D eigenvalue weighted by Gasteiger charge is 2.67. The van der Waals surface area contributed by atoms with E-state index in [-0.39, 0.29) is 41.3 Å². The van der Waals surface area contributed by atoms with Crippen LogP contribution in [0.5, 0.6) is 0 Å². The Morgan fingerprint density at radius 2 is 1.56 bits per heavy atom. The Morgan fingerprint density at radius 1 is 0.963 bits per heavy atom. The second kappa shape index (κ2) is 5.87. The predicted octanol–water partition coefficient (Wildman–Crippen LogP) is 1.47. The van der Waals surface area contributed by atoms with E-state index in [9.17, 15) is 19.2 Å². The van der Waals surface area contributed by atoms with Crippen molar-refractivity contribution in [3.8, 4) is 0 Å². The van der Waals surface area contributed by atoms with Gasteiger partial charge in [-0.15, -0.1) is 0 Å². The summed E-state index contributed by atoms with van der Waals surface area (Å²) in [5, 5.41) is 0. The number of allylic oxidation sites excluding steroid dienone is 2. The van der Waals surface area contributed by atoms with Crippen LogP contribution in [0.4, 0.5) is 0 Å². The summed E-state index contributed by atoms with van der Waals surface area (Å²) >= 11 is 0. The number of carbonyl (C=O) groups is 4. The van der Waals surface area contributed by atoms with Gasteiger partial charge in [0.15, 0.2) is 12.4 Å². The van der Waals surface area contributed by atoms with Crippen molar-refractivity contribution in [3.63, 3.8) is 0 Å². The van der Waals surface area contributed by atoms with Crippen LogP contribution in [0.2, 0.25) is 0 Å². The summed E-state index contributed by atoms with van der Waals surface area (Å²) < 4.78 is 5.02. The number of ketones is 1. The molecule has 27 heavy (non-hydrogen) atoms. The van der Waals surface area contributed by atoms with Crippen molar-refractivity contribution in [2.24, 2.45) is 35.5 Å². The third-order valence-corrected chi connectivity index (χ3v) is 6.50. The Bertz CT molecular complexity index is 840. The van der Waals surface area contributed by atoms with Crippen LogP contribution in [0, 0.1) is 35.5 Å². The lowest BCUT2D eigenvalue weighted by atomic mass is 9.63. The van der Waals surface area contributed by atoms with E-state index in [1.165, 1.54) is 0 Å². The van der Waals surface area contributed by atoms with Crippen LogP contribution in [0.25, 0.3) is 0 Å². The number of hydrogen-bond donors (Lipinski definition) is 0. The summed E-state index contributed by atoms with van der Waals surface area (Å²) in [5.74, 6) is -0.928. The fraction of sp³-hybridized carbons (Fsp3) is 0.429. The number of amides is 2. The van der Waals surface area contributed by atoms with Crippen molar-refractivity contribution in [3.05, 3.63) is 48.0 Å². The van der Waals surface area contributed by atoms with E-state index in [0.29, 0.717) is 17.4 Å². The molecule has 1 aromatic carbocycles. The summed E-state index contributed by atoms with van der Waals surface area (Å²) in [5.41, 5.74) is 0.450. The molecule has 2 saturated carbocycles. The van der Waals surface area contributed by atoms with Crippen LogP contribution in [0.3, 0.4) is 0 Å². The van der Waals surface area contributed by atoms with Gasteiger partial charge >= 0.3 is 5.97 Å². The lowest BCUT2D eigenvalue weighted by Gasteiger charge is -2.37. The first-order chi connectivity index (χ1) is 13.1. The van der Waals surface area contributed by atoms with Crippen molar-refractivity contribution in [1.82, 2.24) is 4.90 Å². The van der Waals surface area contributed by atoms with Crippen molar-refractivity contribution >= 4 is 23.6 Å². The number of Topliss-reactive ketones (excluding diaryl/α,β-unsaturated/α-hetero) is 1. The molecule has 6 atom stereocenters. The Balaban J connectivity index is 1.23. The monoisotopic (exact) mass is 365 g/mol. The van der Waals surface area contributed by atoms with E-state index < -0.39 is 19.1 Å². The Morgan fingerprint density at radius 3 is 2.15 bits per heavy atom. The zero-order valence-corrected chi connectivity index (χ0v) is 14.6. The second-order valence-electron chi connectivity index (χ2n) is 7.87. The first-order valence-electron chi connectivity index (χ1n) is 9.33. The van der Waals surface area contributed by atoms with Gasteiger partial charge in [-0.2, -0.15) is 0 Å². The standard InChI is InChI=1S/C21H19NO5/c23-16(11-4-2-1-3-5-11)10-27-17(24)9-22-20(25)18-12-6-7-13(15-8-14(12)15)19(18)21(22)26/h1-7,12-15,18-19H,8-10H2/t12-,13-,14-,15+,18-,19+/m0/s1. The second-order valence-corrected chi connectivity index (χ2v) is 7.87. The number of hydrogen-bond acceptors (Lipinski definition) is 5. The average Bonchev–Trinajstić information content (AvgIpc) is 3.48. The minimum absolute atomic E-state index is 0.127. The van der Waals surface area contributed by atoms with Crippen LogP contribution in [-0.4, -0.2) is 41.6 Å². The molecule has 138 valence electrons. The lowest BCUT2D eigenvalue weighted by Crippen LogP contribution is -2.40. The van der Waals surface area contributed by atoms with E-state index in [2.05, 4.69) is 12.2 Å². The molecule has 1 aromatic rings. The third kappa shape index (κ3) is 2.46. The van der Waals surface area contributed by atoms with Gasteiger partial charge in [-0.1, -0.05) is 42.5 Å². The number of esters is 1. The molecule has 2 amide bonds. The van der Waals surface area contributed by atoms with Crippen LogP contribution >= 0.6 is 0 Å². The molecule has 0 unspecified atom stereocenters. The van der Waals surface area contributed by atoms with E-state index in [4.69, 9.17) is 4.74 Å². The highest BCUT2D eigenvalue weighted by atomic mass is 16.5. The molecule has 4 aliphatic carbocycles. The van der Waals surface area contributed by atoms with Gasteiger partial charge in [-0.3, -0.25) is 24.1 Å². The van der Waals surface area contributed by atoms with Gasteiger partial charge in [-0.25, -0.2) is 0 Å². The fourth-order valence-electron chi connectivity index (χ4n) is 5.20. The topological polar surface area (TPSA) is 80.8 Å². The van der Waals surface area contributed by atoms with E-state index >= 15 is 0 Å². The molecule has 3 fully saturated rings. The average molecular weight is 365 g/mol. The molecule has 6 rings (SSSR count). The minimum Gasteiger partial charge on any atom is -0.456 e. The lowest BCUT2D eigenvalue weighted by molar-refractivity contribution is -0.152. The number of benzene rings is 1. The summed E-state index contributed by atoms with van der Waals surface area (Å²) in [6.45, 7) is -0.815. The molecule has 0 aromatic heterocycles. The predicted molar refractivity (Wildman–Crippen MR) is 93.1 cm³/mol. The molecule has 6 nitrogen and oxygen atoms in total. The van der Waals surface area contributed by atoms with E-state index in [1.807, 2.05) is 0 Å². The number of nitrogens with zero attached hydrogens (tertiary/aromatic N) is 1. The van der Waals surface area contributed by atoms with Gasteiger partial charge in [0.05, 0.1) is 11.8 Å². The van der Waals surface area contributed by atoms with E-state index in [1.54, 1.807) is 30.3 Å². The minimum atomic E-state index is -0.731. The molecular weight excluding hydrogens is 346 g/mol. The maximum atomic E-state index is 12.8. The normalized spacial score (nSPS) is 35.0. The SMILES string of the molecule is O=C(CN1C(=O)[C@@H]2[C@H]3C=C[C@@H]([C@@H]4C[C@H]34)[C@@H]2C1=O)OCC(=O)c1ccccc1. The molecule has 6 heteroatoms. The van der Waals surface area contributed by atoms with Gasteiger partial charge in [0.25, 0.3) is 0 Å². The van der Waals surface area contributed by atoms with Crippen molar-refractivity contribution in [2.45, 2.75) is 6.42 Å². The van der Waals surface area contributed by atoms with Crippen LogP contribution < -0.4 is 0 Å². The molecule has 0 N–H and O–H groups in total. The molecule has 1 saturated heterocycles. The maximum Gasteiger partial charge on any atom is 0.326 e. The highest BCUT2D eigenvalue weighted by Crippen LogP contribution is 2.65. The number of rotatable bonds is 5. The van der Waals surface area contributed by atoms with Crippen LogP contribution in [0.15, 0.2) is 42.5 Å². The molecule has 1 heterocycles. The third-order valence-electron chi connectivity index (χ3n) is 6.50. The Kier molecular flexibility index (Phi) is 3.57. The molecular formula is C21H19NO5. The number of ether oxygens (including phenoxy) is 1. The van der Waals surface area contributed by atoms with Gasteiger partial charge in [0.2, 0.25) is 11.8 Å². The van der Waals surface area contributed by atoms with Crippen LogP contribution in [-0.2, 0) is 19.1 Å². The first-order valence-corrected chi connectivity index (χ1v) is 9.33. The quantitative estimate of drug-likeness (QED) is 0.342. The molecule has 0 radical (unpaired) electrons. The first kappa shape index (κ1) is 16.4.